The quantitative estimate of drug-likeness (QED) is 0.629. The van der Waals surface area contributed by atoms with Gasteiger partial charge in [0.2, 0.25) is 0 Å². The van der Waals surface area contributed by atoms with E-state index >= 15 is 0 Å². The number of hydrogen-bond acceptors (Lipinski definition) is 4. The Morgan fingerprint density at radius 1 is 1.89 bits per heavy atom. The summed E-state index contributed by atoms with van der Waals surface area (Å²) in [5.74, 6) is 0. The van der Waals surface area contributed by atoms with Crippen molar-refractivity contribution in [3.8, 4) is 0 Å². The molecular formula is C3H5N3OS2. The largest absolute Gasteiger partial charge is 0.240 e. The van der Waals surface area contributed by atoms with E-state index in [1.807, 2.05) is 0 Å². The lowest BCUT2D eigenvalue weighted by Gasteiger charge is -1.89. The van der Waals surface area contributed by atoms with Crippen LogP contribution >= 0.6 is 11.3 Å². The summed E-state index contributed by atoms with van der Waals surface area (Å²) >= 11 is 1.28. The fourth-order valence-corrected chi connectivity index (χ4v) is 1.78. The van der Waals surface area contributed by atoms with Gasteiger partial charge in [-0.3, -0.25) is 0 Å². The van der Waals surface area contributed by atoms with Gasteiger partial charge in [0.05, 0.1) is 5.51 Å². The zero-order valence-corrected chi connectivity index (χ0v) is 6.04. The molecule has 0 amide bonds. The number of aromatic nitrogens is 1. The first kappa shape index (κ1) is 6.66. The summed E-state index contributed by atoms with van der Waals surface area (Å²) in [5, 5.41) is 6.61. The molecule has 0 spiro atoms. The van der Waals surface area contributed by atoms with Crippen molar-refractivity contribution in [2.75, 3.05) is 0 Å². The number of hydrogen-bond donors (Lipinski definition) is 2. The summed E-state index contributed by atoms with van der Waals surface area (Å²) in [6, 6.07) is 0. The smallest absolute Gasteiger partial charge is 0.160 e. The highest BCUT2D eigenvalue weighted by Crippen LogP contribution is 2.05. The van der Waals surface area contributed by atoms with Gasteiger partial charge >= 0.3 is 0 Å². The summed E-state index contributed by atoms with van der Waals surface area (Å²) in [4.78, 5) is 3.62. The van der Waals surface area contributed by atoms with Crippen molar-refractivity contribution >= 4 is 21.3 Å². The summed E-state index contributed by atoms with van der Waals surface area (Å²) < 4.78 is 17.5. The maximum atomic E-state index is 10.6. The third kappa shape index (κ3) is 1.47. The molecule has 50 valence electrons. The van der Waals surface area contributed by atoms with E-state index in [0.717, 1.165) is 0 Å². The molecule has 1 unspecified atom stereocenters. The van der Waals surface area contributed by atoms with Crippen LogP contribution in [0, 0.1) is 4.78 Å². The van der Waals surface area contributed by atoms with Crippen molar-refractivity contribution in [2.24, 2.45) is 5.14 Å². The number of nitrogens with zero attached hydrogens (tertiary/aromatic N) is 1. The molecule has 1 atom stereocenters. The molecule has 0 radical (unpaired) electrons. The lowest BCUT2D eigenvalue weighted by Crippen LogP contribution is -2.10. The zero-order chi connectivity index (χ0) is 6.91. The Morgan fingerprint density at radius 2 is 2.56 bits per heavy atom. The molecule has 1 rings (SSSR count). The van der Waals surface area contributed by atoms with Gasteiger partial charge in [-0.05, 0) is 0 Å². The predicted octanol–water partition coefficient (Wildman–Crippen LogP) is 0.422. The van der Waals surface area contributed by atoms with Gasteiger partial charge in [0.15, 0.2) is 14.9 Å². The average molecular weight is 163 g/mol. The molecule has 0 bridgehead atoms. The van der Waals surface area contributed by atoms with Crippen molar-refractivity contribution in [1.82, 2.24) is 4.98 Å². The van der Waals surface area contributed by atoms with E-state index in [1.54, 1.807) is 0 Å². The minimum atomic E-state index is -3.06. The van der Waals surface area contributed by atoms with Gasteiger partial charge in [-0.1, -0.05) is 0 Å². The van der Waals surface area contributed by atoms with Crippen LogP contribution in [0.25, 0.3) is 0 Å². The number of nitrogens with one attached hydrogen (secondary N) is 1. The monoisotopic (exact) mass is 163 g/mol. The van der Waals surface area contributed by atoms with Crippen molar-refractivity contribution in [3.63, 3.8) is 0 Å². The molecular weight excluding hydrogens is 158 g/mol. The molecule has 0 fully saturated rings. The minimum Gasteiger partial charge on any atom is -0.240 e. The van der Waals surface area contributed by atoms with Crippen LogP contribution in [0.15, 0.2) is 15.9 Å². The Bertz CT molecular complexity index is 274. The molecule has 0 saturated carbocycles. The van der Waals surface area contributed by atoms with Crippen molar-refractivity contribution in [3.05, 3.63) is 10.9 Å². The molecule has 0 saturated heterocycles. The Hall–Kier alpha value is -0.460. The second-order valence-electron chi connectivity index (χ2n) is 1.43. The number of rotatable bonds is 1. The third-order valence-corrected chi connectivity index (χ3v) is 2.30. The van der Waals surface area contributed by atoms with Gasteiger partial charge in [0, 0.05) is 5.38 Å². The van der Waals surface area contributed by atoms with Crippen molar-refractivity contribution < 1.29 is 4.21 Å². The molecule has 3 N–H and O–H groups in total. The molecule has 0 aromatic carbocycles. The van der Waals surface area contributed by atoms with E-state index in [4.69, 9.17) is 9.92 Å². The van der Waals surface area contributed by atoms with Gasteiger partial charge in [-0.2, -0.15) is 0 Å². The average Bonchev–Trinajstić information content (AvgIpc) is 2.08. The fourth-order valence-electron chi connectivity index (χ4n) is 0.351. The SMILES string of the molecule is N=S(N)(=O)c1cscn1. The first-order chi connectivity index (χ1) is 4.11. The van der Waals surface area contributed by atoms with E-state index in [0.29, 0.717) is 0 Å². The standard InChI is InChI=1S/C3H5N3OS2/c4-9(5,7)3-1-8-2-6-3/h1-2H,(H3,4,5,7). The molecule has 1 aromatic heterocycles. The molecule has 0 aliphatic rings. The highest BCUT2D eigenvalue weighted by Gasteiger charge is 2.03. The van der Waals surface area contributed by atoms with Crippen LogP contribution in [-0.4, -0.2) is 9.19 Å². The number of thiazole rings is 1. The normalized spacial score (nSPS) is 17.0. The maximum absolute atomic E-state index is 10.6. The topological polar surface area (TPSA) is 79.8 Å². The van der Waals surface area contributed by atoms with Crippen LogP contribution in [0.2, 0.25) is 0 Å². The molecule has 1 heterocycles. The third-order valence-electron chi connectivity index (χ3n) is 0.720. The molecule has 1 aromatic rings. The van der Waals surface area contributed by atoms with Crippen molar-refractivity contribution in [2.45, 2.75) is 5.03 Å². The Balaban J connectivity index is 3.20. The first-order valence-corrected chi connectivity index (χ1v) is 4.62. The van der Waals surface area contributed by atoms with E-state index in [2.05, 4.69) is 4.98 Å². The highest BCUT2D eigenvalue weighted by molar-refractivity contribution is 7.90. The van der Waals surface area contributed by atoms with E-state index in [-0.39, 0.29) is 5.03 Å². The Morgan fingerprint density at radius 3 is 2.78 bits per heavy atom. The van der Waals surface area contributed by atoms with E-state index < -0.39 is 9.92 Å². The van der Waals surface area contributed by atoms with E-state index in [9.17, 15) is 4.21 Å². The highest BCUT2D eigenvalue weighted by atomic mass is 32.2. The van der Waals surface area contributed by atoms with Crippen LogP contribution < -0.4 is 5.14 Å². The van der Waals surface area contributed by atoms with Crippen LogP contribution in [0.3, 0.4) is 0 Å². The van der Waals surface area contributed by atoms with Crippen molar-refractivity contribution in [1.29, 1.82) is 4.78 Å². The molecule has 0 aliphatic heterocycles. The second kappa shape index (κ2) is 2.05. The van der Waals surface area contributed by atoms with Gasteiger partial charge in [0.1, 0.15) is 0 Å². The summed E-state index contributed by atoms with van der Waals surface area (Å²) in [5.41, 5.74) is 1.50. The lowest BCUT2D eigenvalue weighted by molar-refractivity contribution is 0.673. The number of nitrogens with two attached hydrogens (primary N) is 1. The Kier molecular flexibility index (Phi) is 1.52. The molecule has 9 heavy (non-hydrogen) atoms. The molecule has 6 heteroatoms. The summed E-state index contributed by atoms with van der Waals surface area (Å²) in [6.07, 6.45) is 0. The minimum absolute atomic E-state index is 0.160. The summed E-state index contributed by atoms with van der Waals surface area (Å²) in [7, 11) is -3.06. The second-order valence-corrected chi connectivity index (χ2v) is 3.77. The van der Waals surface area contributed by atoms with Crippen LogP contribution in [0.1, 0.15) is 0 Å². The fraction of sp³-hybridized carbons (Fsp3) is 0. The van der Waals surface area contributed by atoms with Crippen LogP contribution in [0.5, 0.6) is 0 Å². The molecule has 0 aliphatic carbocycles. The Labute approximate surface area is 56.8 Å². The van der Waals surface area contributed by atoms with Gasteiger partial charge in [0.25, 0.3) is 0 Å². The first-order valence-electron chi connectivity index (χ1n) is 2.05. The molecule has 4 nitrogen and oxygen atoms in total. The van der Waals surface area contributed by atoms with Crippen LogP contribution in [-0.2, 0) is 9.92 Å². The summed E-state index contributed by atoms with van der Waals surface area (Å²) in [6.45, 7) is 0. The van der Waals surface area contributed by atoms with Gasteiger partial charge in [-0.15, -0.1) is 11.3 Å². The lowest BCUT2D eigenvalue weighted by atomic mass is 11.0. The van der Waals surface area contributed by atoms with Gasteiger partial charge < -0.3 is 0 Å². The zero-order valence-electron chi connectivity index (χ0n) is 4.40. The van der Waals surface area contributed by atoms with Gasteiger partial charge in [-0.25, -0.2) is 19.1 Å². The van der Waals surface area contributed by atoms with Crippen LogP contribution in [0.4, 0.5) is 0 Å². The maximum Gasteiger partial charge on any atom is 0.160 e. The van der Waals surface area contributed by atoms with E-state index in [1.165, 1.54) is 22.2 Å². The predicted molar refractivity (Wildman–Crippen MR) is 35.4 cm³/mol.